The van der Waals surface area contributed by atoms with Gasteiger partial charge in [-0.05, 0) is 30.5 Å². The fourth-order valence-corrected chi connectivity index (χ4v) is 1.98. The Bertz CT molecular complexity index is 480. The number of carbonyl (C=O) groups is 1. The number of nitrogens with zero attached hydrogens (tertiary/aromatic N) is 1. The van der Waals surface area contributed by atoms with Gasteiger partial charge in [-0.3, -0.25) is 0 Å². The third kappa shape index (κ3) is 4.04. The summed E-state index contributed by atoms with van der Waals surface area (Å²) in [5.41, 5.74) is 0.980. The molecule has 1 aromatic rings. The molecule has 0 fully saturated rings. The van der Waals surface area contributed by atoms with Crippen molar-refractivity contribution in [2.75, 3.05) is 5.32 Å². The molecule has 0 saturated heterocycles. The van der Waals surface area contributed by atoms with Crippen LogP contribution in [0.1, 0.15) is 25.8 Å². The summed E-state index contributed by atoms with van der Waals surface area (Å²) in [5.74, 6) is -0.643. The molecule has 0 spiro atoms. The predicted octanol–water partition coefficient (Wildman–Crippen LogP) is 3.23. The molecule has 0 saturated carbocycles. The molecule has 18 heavy (non-hydrogen) atoms. The van der Waals surface area contributed by atoms with Crippen molar-refractivity contribution in [1.82, 2.24) is 0 Å². The lowest BCUT2D eigenvalue weighted by molar-refractivity contribution is -0.138. The zero-order valence-corrected chi connectivity index (χ0v) is 11.9. The summed E-state index contributed by atoms with van der Waals surface area (Å²) in [6, 6.07) is 6.51. The maximum Gasteiger partial charge on any atom is 0.326 e. The zero-order valence-electron chi connectivity index (χ0n) is 10.3. The first-order valence-electron chi connectivity index (χ1n) is 5.63. The maximum atomic E-state index is 11.2. The van der Waals surface area contributed by atoms with Crippen molar-refractivity contribution >= 4 is 27.6 Å². The van der Waals surface area contributed by atoms with E-state index in [1.165, 1.54) is 0 Å². The minimum atomic E-state index is -0.907. The van der Waals surface area contributed by atoms with E-state index in [-0.39, 0.29) is 5.92 Å². The molecule has 0 aliphatic heterocycles. The Morgan fingerprint density at radius 2 is 2.22 bits per heavy atom. The smallest absolute Gasteiger partial charge is 0.326 e. The SMILES string of the molecule is CC(C)CC(Nc1ccc(Br)cc1C#N)C(=O)O. The number of nitrogens with one attached hydrogen (secondary N) is 1. The largest absolute Gasteiger partial charge is 0.480 e. The number of halogens is 1. The minimum Gasteiger partial charge on any atom is -0.480 e. The van der Waals surface area contributed by atoms with Crippen LogP contribution in [0.25, 0.3) is 0 Å². The van der Waals surface area contributed by atoms with E-state index in [4.69, 9.17) is 10.4 Å². The van der Waals surface area contributed by atoms with E-state index in [0.29, 0.717) is 17.7 Å². The van der Waals surface area contributed by atoms with Crippen LogP contribution in [0.5, 0.6) is 0 Å². The average Bonchev–Trinajstić information content (AvgIpc) is 2.29. The van der Waals surface area contributed by atoms with Gasteiger partial charge in [-0.1, -0.05) is 29.8 Å². The number of benzene rings is 1. The Labute approximate surface area is 115 Å². The predicted molar refractivity (Wildman–Crippen MR) is 73.4 cm³/mol. The highest BCUT2D eigenvalue weighted by molar-refractivity contribution is 9.10. The summed E-state index contributed by atoms with van der Waals surface area (Å²) in [6.07, 6.45) is 0.510. The average molecular weight is 311 g/mol. The van der Waals surface area contributed by atoms with E-state index in [1.54, 1.807) is 18.2 Å². The van der Waals surface area contributed by atoms with E-state index >= 15 is 0 Å². The summed E-state index contributed by atoms with van der Waals surface area (Å²) in [6.45, 7) is 3.93. The van der Waals surface area contributed by atoms with Gasteiger partial charge >= 0.3 is 5.97 Å². The Balaban J connectivity index is 2.94. The van der Waals surface area contributed by atoms with Crippen LogP contribution in [-0.4, -0.2) is 17.1 Å². The number of anilines is 1. The molecule has 0 aliphatic carbocycles. The molecule has 5 heteroatoms. The lowest BCUT2D eigenvalue weighted by Gasteiger charge is -2.18. The summed E-state index contributed by atoms with van der Waals surface area (Å²) >= 11 is 3.28. The first-order valence-corrected chi connectivity index (χ1v) is 6.42. The number of carboxylic acids is 1. The molecule has 2 N–H and O–H groups in total. The van der Waals surface area contributed by atoms with Crippen LogP contribution in [0, 0.1) is 17.2 Å². The van der Waals surface area contributed by atoms with Crippen molar-refractivity contribution in [3.05, 3.63) is 28.2 Å². The molecule has 0 bridgehead atoms. The third-order valence-corrected chi connectivity index (χ3v) is 2.93. The monoisotopic (exact) mass is 310 g/mol. The molecule has 1 rings (SSSR count). The molecule has 0 radical (unpaired) electrons. The number of carboxylic acid groups (broad SMARTS) is 1. The molecule has 0 amide bonds. The Kier molecular flexibility index (Phi) is 5.17. The van der Waals surface area contributed by atoms with E-state index in [1.807, 2.05) is 19.9 Å². The van der Waals surface area contributed by atoms with E-state index < -0.39 is 12.0 Å². The Hall–Kier alpha value is -1.54. The van der Waals surface area contributed by atoms with Gasteiger partial charge in [-0.15, -0.1) is 0 Å². The van der Waals surface area contributed by atoms with Gasteiger partial charge in [0.2, 0.25) is 0 Å². The van der Waals surface area contributed by atoms with Crippen LogP contribution in [-0.2, 0) is 4.79 Å². The number of hydrogen-bond acceptors (Lipinski definition) is 3. The van der Waals surface area contributed by atoms with E-state index in [0.717, 1.165) is 4.47 Å². The molecule has 1 unspecified atom stereocenters. The molecule has 0 heterocycles. The first-order chi connectivity index (χ1) is 8.43. The van der Waals surface area contributed by atoms with Crippen LogP contribution < -0.4 is 5.32 Å². The summed E-state index contributed by atoms with van der Waals surface area (Å²) in [4.78, 5) is 11.2. The molecular weight excluding hydrogens is 296 g/mol. The molecule has 1 aromatic carbocycles. The lowest BCUT2D eigenvalue weighted by atomic mass is 10.0. The molecular formula is C13H15BrN2O2. The van der Waals surface area contributed by atoms with E-state index in [9.17, 15) is 4.79 Å². The molecule has 0 aromatic heterocycles. The van der Waals surface area contributed by atoms with Gasteiger partial charge < -0.3 is 10.4 Å². The van der Waals surface area contributed by atoms with Crippen LogP contribution in [0.2, 0.25) is 0 Å². The standard InChI is InChI=1S/C13H15BrN2O2/c1-8(2)5-12(13(17)18)16-11-4-3-10(14)6-9(11)7-15/h3-4,6,8,12,16H,5H2,1-2H3,(H,17,18). The quantitative estimate of drug-likeness (QED) is 0.875. The highest BCUT2D eigenvalue weighted by atomic mass is 79.9. The lowest BCUT2D eigenvalue weighted by Crippen LogP contribution is -2.31. The topological polar surface area (TPSA) is 73.1 Å². The number of hydrogen-bond donors (Lipinski definition) is 2. The number of rotatable bonds is 5. The number of nitriles is 1. The highest BCUT2D eigenvalue weighted by Gasteiger charge is 2.19. The van der Waals surface area contributed by atoms with Gasteiger partial charge in [0.25, 0.3) is 0 Å². The second kappa shape index (κ2) is 6.41. The Morgan fingerprint density at radius 3 is 2.72 bits per heavy atom. The minimum absolute atomic E-state index is 0.264. The van der Waals surface area contributed by atoms with Gasteiger partial charge in [0, 0.05) is 4.47 Å². The van der Waals surface area contributed by atoms with Crippen molar-refractivity contribution in [2.45, 2.75) is 26.3 Å². The molecule has 96 valence electrons. The molecule has 4 nitrogen and oxygen atoms in total. The van der Waals surface area contributed by atoms with Gasteiger partial charge in [-0.2, -0.15) is 5.26 Å². The normalized spacial score (nSPS) is 11.9. The van der Waals surface area contributed by atoms with Crippen LogP contribution >= 0.6 is 15.9 Å². The maximum absolute atomic E-state index is 11.2. The fraction of sp³-hybridized carbons (Fsp3) is 0.385. The van der Waals surface area contributed by atoms with Crippen LogP contribution in [0.4, 0.5) is 5.69 Å². The van der Waals surface area contributed by atoms with Gasteiger partial charge in [0.15, 0.2) is 0 Å². The van der Waals surface area contributed by atoms with Gasteiger partial charge in [0.05, 0.1) is 11.3 Å². The Morgan fingerprint density at radius 1 is 1.56 bits per heavy atom. The van der Waals surface area contributed by atoms with Crippen LogP contribution in [0.3, 0.4) is 0 Å². The summed E-state index contributed by atoms with van der Waals surface area (Å²) in [5, 5.41) is 21.1. The first kappa shape index (κ1) is 14.5. The van der Waals surface area contributed by atoms with E-state index in [2.05, 4.69) is 21.2 Å². The van der Waals surface area contributed by atoms with Crippen molar-refractivity contribution < 1.29 is 9.90 Å². The van der Waals surface area contributed by atoms with Crippen molar-refractivity contribution in [2.24, 2.45) is 5.92 Å². The zero-order chi connectivity index (χ0) is 13.7. The number of aliphatic carboxylic acids is 1. The summed E-state index contributed by atoms with van der Waals surface area (Å²) < 4.78 is 0.792. The summed E-state index contributed by atoms with van der Waals surface area (Å²) in [7, 11) is 0. The third-order valence-electron chi connectivity index (χ3n) is 2.44. The molecule has 0 aliphatic rings. The van der Waals surface area contributed by atoms with Crippen molar-refractivity contribution in [3.8, 4) is 6.07 Å². The van der Waals surface area contributed by atoms with Gasteiger partial charge in [-0.25, -0.2) is 4.79 Å². The fourth-order valence-electron chi connectivity index (χ4n) is 1.62. The van der Waals surface area contributed by atoms with Gasteiger partial charge in [0.1, 0.15) is 12.1 Å². The highest BCUT2D eigenvalue weighted by Crippen LogP contribution is 2.22. The molecule has 1 atom stereocenters. The van der Waals surface area contributed by atoms with Crippen LogP contribution in [0.15, 0.2) is 22.7 Å². The van der Waals surface area contributed by atoms with Crippen molar-refractivity contribution in [3.63, 3.8) is 0 Å². The second-order valence-corrected chi connectivity index (χ2v) is 5.38. The van der Waals surface area contributed by atoms with Crippen molar-refractivity contribution in [1.29, 1.82) is 5.26 Å². The second-order valence-electron chi connectivity index (χ2n) is 4.47.